The average molecular weight is 272 g/mol. The maximum Gasteiger partial charge on any atom is 0.257 e. The molecule has 0 radical (unpaired) electrons. The van der Waals surface area contributed by atoms with Crippen molar-refractivity contribution < 1.29 is 4.79 Å². The molecule has 1 heterocycles. The Kier molecular flexibility index (Phi) is 3.11. The van der Waals surface area contributed by atoms with Crippen LogP contribution in [0.1, 0.15) is 45.9 Å². The first-order valence-electron chi connectivity index (χ1n) is 6.48. The van der Waals surface area contributed by atoms with Gasteiger partial charge in [-0.1, -0.05) is 12.1 Å². The third kappa shape index (κ3) is 2.54. The Morgan fingerprint density at radius 3 is 2.89 bits per heavy atom. The van der Waals surface area contributed by atoms with Crippen molar-refractivity contribution in [2.45, 2.75) is 32.6 Å². The fourth-order valence-corrected chi connectivity index (χ4v) is 2.86. The number of thiazole rings is 1. The van der Waals surface area contributed by atoms with Crippen LogP contribution >= 0.6 is 11.3 Å². The highest BCUT2D eigenvalue weighted by Crippen LogP contribution is 2.40. The fourth-order valence-electron chi connectivity index (χ4n) is 2.07. The zero-order valence-corrected chi connectivity index (χ0v) is 11.9. The summed E-state index contributed by atoms with van der Waals surface area (Å²) in [6.45, 7) is 3.99. The molecule has 98 valence electrons. The summed E-state index contributed by atoms with van der Waals surface area (Å²) in [6.07, 6.45) is 2.46. The quantitative estimate of drug-likeness (QED) is 0.921. The van der Waals surface area contributed by atoms with Gasteiger partial charge in [-0.25, -0.2) is 4.98 Å². The Bertz CT molecular complexity index is 629. The second-order valence-electron chi connectivity index (χ2n) is 5.05. The van der Waals surface area contributed by atoms with Crippen LogP contribution in [-0.2, 0) is 0 Å². The summed E-state index contributed by atoms with van der Waals surface area (Å²) in [5.74, 6) is 0.556. The van der Waals surface area contributed by atoms with Gasteiger partial charge in [-0.2, -0.15) is 0 Å². The average Bonchev–Trinajstić information content (AvgIpc) is 3.14. The van der Waals surface area contributed by atoms with Gasteiger partial charge in [0.1, 0.15) is 0 Å². The smallest absolute Gasteiger partial charge is 0.257 e. The summed E-state index contributed by atoms with van der Waals surface area (Å²) < 4.78 is 0. The molecule has 19 heavy (non-hydrogen) atoms. The largest absolute Gasteiger partial charge is 0.298 e. The van der Waals surface area contributed by atoms with Crippen LogP contribution in [0.3, 0.4) is 0 Å². The van der Waals surface area contributed by atoms with Gasteiger partial charge in [0.2, 0.25) is 0 Å². The molecular weight excluding hydrogens is 256 g/mol. The first kappa shape index (κ1) is 12.4. The van der Waals surface area contributed by atoms with E-state index < -0.39 is 0 Å². The third-order valence-corrected chi connectivity index (χ3v) is 4.36. The van der Waals surface area contributed by atoms with E-state index >= 15 is 0 Å². The molecule has 1 fully saturated rings. The minimum Gasteiger partial charge on any atom is -0.298 e. The van der Waals surface area contributed by atoms with E-state index in [2.05, 4.69) is 15.7 Å². The maximum absolute atomic E-state index is 12.2. The van der Waals surface area contributed by atoms with Crippen molar-refractivity contribution in [2.24, 2.45) is 0 Å². The van der Waals surface area contributed by atoms with Gasteiger partial charge in [0.25, 0.3) is 5.91 Å². The molecule has 3 rings (SSSR count). The van der Waals surface area contributed by atoms with E-state index in [4.69, 9.17) is 0 Å². The predicted molar refractivity (Wildman–Crippen MR) is 78.0 cm³/mol. The number of amides is 1. The molecule has 0 atom stereocenters. The predicted octanol–water partition coefficient (Wildman–Crippen LogP) is 3.89. The number of rotatable bonds is 3. The zero-order chi connectivity index (χ0) is 13.4. The van der Waals surface area contributed by atoms with Crippen LogP contribution in [0.4, 0.5) is 5.13 Å². The summed E-state index contributed by atoms with van der Waals surface area (Å²) >= 11 is 1.51. The molecule has 3 nitrogen and oxygen atoms in total. The molecule has 1 saturated carbocycles. The van der Waals surface area contributed by atoms with Crippen molar-refractivity contribution >= 4 is 22.4 Å². The second-order valence-corrected chi connectivity index (χ2v) is 5.91. The first-order chi connectivity index (χ1) is 9.15. The molecule has 4 heteroatoms. The Morgan fingerprint density at radius 2 is 2.16 bits per heavy atom. The lowest BCUT2D eigenvalue weighted by Gasteiger charge is -2.07. The van der Waals surface area contributed by atoms with Crippen LogP contribution in [0.2, 0.25) is 0 Å². The summed E-state index contributed by atoms with van der Waals surface area (Å²) in [4.78, 5) is 16.7. The van der Waals surface area contributed by atoms with Crippen LogP contribution in [0.15, 0.2) is 23.6 Å². The van der Waals surface area contributed by atoms with E-state index in [0.29, 0.717) is 11.0 Å². The third-order valence-electron chi connectivity index (χ3n) is 3.59. The number of nitrogens with zero attached hydrogens (tertiary/aromatic N) is 1. The topological polar surface area (TPSA) is 42.0 Å². The molecular formula is C15H16N2OS. The van der Waals surface area contributed by atoms with Gasteiger partial charge in [-0.3, -0.25) is 10.1 Å². The fraction of sp³-hybridized carbons (Fsp3) is 0.333. The monoisotopic (exact) mass is 272 g/mol. The van der Waals surface area contributed by atoms with Crippen LogP contribution in [0, 0.1) is 13.8 Å². The number of anilines is 1. The van der Waals surface area contributed by atoms with Gasteiger partial charge in [0.05, 0.1) is 5.69 Å². The molecule has 0 aliphatic heterocycles. The molecule has 1 aromatic carbocycles. The number of hydrogen-bond acceptors (Lipinski definition) is 3. The van der Waals surface area contributed by atoms with Gasteiger partial charge >= 0.3 is 0 Å². The number of carbonyl (C=O) groups is 1. The Morgan fingerprint density at radius 1 is 1.37 bits per heavy atom. The highest BCUT2D eigenvalue weighted by Gasteiger charge is 2.26. The highest BCUT2D eigenvalue weighted by atomic mass is 32.1. The number of benzene rings is 1. The summed E-state index contributed by atoms with van der Waals surface area (Å²) in [7, 11) is 0. The van der Waals surface area contributed by atoms with Crippen molar-refractivity contribution in [3.05, 3.63) is 46.0 Å². The Hall–Kier alpha value is -1.68. The standard InChI is InChI=1S/C15H16N2OS/c1-9-4-3-5-12(10(9)2)14(18)17-15-16-13(8-19-15)11-6-7-11/h3-5,8,11H,6-7H2,1-2H3,(H,16,17,18). The van der Waals surface area contributed by atoms with Gasteiger partial charge in [-0.05, 0) is 43.9 Å². The maximum atomic E-state index is 12.2. The van der Waals surface area contributed by atoms with Crippen molar-refractivity contribution in [2.75, 3.05) is 5.32 Å². The lowest BCUT2D eigenvalue weighted by Crippen LogP contribution is -2.13. The lowest BCUT2D eigenvalue weighted by atomic mass is 10.0. The van der Waals surface area contributed by atoms with E-state index in [-0.39, 0.29) is 5.91 Å². The second kappa shape index (κ2) is 4.78. The van der Waals surface area contributed by atoms with E-state index in [9.17, 15) is 4.79 Å². The van der Waals surface area contributed by atoms with Crippen LogP contribution < -0.4 is 5.32 Å². The number of aryl methyl sites for hydroxylation is 1. The van der Waals surface area contributed by atoms with Crippen LogP contribution in [-0.4, -0.2) is 10.9 Å². The van der Waals surface area contributed by atoms with Crippen molar-refractivity contribution in [3.8, 4) is 0 Å². The molecule has 1 aliphatic carbocycles. The molecule has 1 N–H and O–H groups in total. The van der Waals surface area contributed by atoms with Gasteiger partial charge in [-0.15, -0.1) is 11.3 Å². The molecule has 1 aliphatic rings. The summed E-state index contributed by atoms with van der Waals surface area (Å²) in [5.41, 5.74) is 4.01. The highest BCUT2D eigenvalue weighted by molar-refractivity contribution is 7.14. The van der Waals surface area contributed by atoms with E-state index in [1.54, 1.807) is 0 Å². The zero-order valence-electron chi connectivity index (χ0n) is 11.1. The Balaban J connectivity index is 1.78. The molecule has 1 aromatic heterocycles. The number of carbonyl (C=O) groups excluding carboxylic acids is 1. The molecule has 0 saturated heterocycles. The van der Waals surface area contributed by atoms with Gasteiger partial charge in [0, 0.05) is 16.9 Å². The minimum absolute atomic E-state index is 0.0714. The lowest BCUT2D eigenvalue weighted by molar-refractivity contribution is 0.102. The van der Waals surface area contributed by atoms with Crippen molar-refractivity contribution in [1.82, 2.24) is 4.98 Å². The summed E-state index contributed by atoms with van der Waals surface area (Å²) in [5, 5.41) is 5.65. The number of hydrogen-bond donors (Lipinski definition) is 1. The van der Waals surface area contributed by atoms with Gasteiger partial charge < -0.3 is 0 Å². The Labute approximate surface area is 116 Å². The van der Waals surface area contributed by atoms with Gasteiger partial charge in [0.15, 0.2) is 5.13 Å². The first-order valence-corrected chi connectivity index (χ1v) is 7.36. The van der Waals surface area contributed by atoms with E-state index in [0.717, 1.165) is 22.4 Å². The van der Waals surface area contributed by atoms with E-state index in [1.807, 2.05) is 32.0 Å². The van der Waals surface area contributed by atoms with Crippen molar-refractivity contribution in [1.29, 1.82) is 0 Å². The van der Waals surface area contributed by atoms with Crippen molar-refractivity contribution in [3.63, 3.8) is 0 Å². The molecule has 0 unspecified atom stereocenters. The summed E-state index contributed by atoms with van der Waals surface area (Å²) in [6, 6.07) is 5.78. The molecule has 2 aromatic rings. The number of nitrogens with one attached hydrogen (secondary N) is 1. The normalized spacial score (nSPS) is 14.4. The molecule has 1 amide bonds. The number of aromatic nitrogens is 1. The molecule has 0 bridgehead atoms. The van der Waals surface area contributed by atoms with Crippen LogP contribution in [0.25, 0.3) is 0 Å². The minimum atomic E-state index is -0.0714. The SMILES string of the molecule is Cc1cccc(C(=O)Nc2nc(C3CC3)cs2)c1C. The van der Waals surface area contributed by atoms with E-state index in [1.165, 1.54) is 24.2 Å². The van der Waals surface area contributed by atoms with Crippen LogP contribution in [0.5, 0.6) is 0 Å². The molecule has 0 spiro atoms.